The number of unbranched alkanes of at least 4 members (excludes halogenated alkanes) is 5. The molecular weight excluding hydrogens is 232 g/mol. The van der Waals surface area contributed by atoms with Crippen LogP contribution in [-0.4, -0.2) is 6.61 Å². The van der Waals surface area contributed by atoms with Gasteiger partial charge in [0.25, 0.3) is 0 Å². The summed E-state index contributed by atoms with van der Waals surface area (Å²) < 4.78 is 6.04. The lowest BCUT2D eigenvalue weighted by Crippen LogP contribution is -2.49. The fourth-order valence-electron chi connectivity index (χ4n) is 3.17. The van der Waals surface area contributed by atoms with Gasteiger partial charge in [0.1, 0.15) is 0 Å². The predicted octanol–water partition coefficient (Wildman–Crippen LogP) is 5.30. The topological polar surface area (TPSA) is 9.23 Å². The van der Waals surface area contributed by atoms with E-state index in [4.69, 9.17) is 4.74 Å². The Kier molecular flexibility index (Phi) is 5.45. The molecule has 0 spiro atoms. The fraction of sp³-hybridized carbons (Fsp3) is 0.667. The van der Waals surface area contributed by atoms with Crippen molar-refractivity contribution in [3.05, 3.63) is 35.9 Å². The van der Waals surface area contributed by atoms with Gasteiger partial charge >= 0.3 is 0 Å². The van der Waals surface area contributed by atoms with Crippen LogP contribution >= 0.6 is 0 Å². The smallest absolute Gasteiger partial charge is 0.0978 e. The number of ether oxygens (including phenoxy) is 1. The second kappa shape index (κ2) is 7.09. The number of rotatable bonds is 8. The first kappa shape index (κ1) is 14.6. The van der Waals surface area contributed by atoms with Crippen molar-refractivity contribution in [1.82, 2.24) is 0 Å². The molecule has 1 aliphatic heterocycles. The van der Waals surface area contributed by atoms with Crippen LogP contribution in [0.4, 0.5) is 0 Å². The van der Waals surface area contributed by atoms with Gasteiger partial charge in [-0.05, 0) is 12.0 Å². The maximum atomic E-state index is 6.04. The van der Waals surface area contributed by atoms with Crippen LogP contribution < -0.4 is 0 Å². The van der Waals surface area contributed by atoms with Crippen LogP contribution in [-0.2, 0) is 10.3 Å². The summed E-state index contributed by atoms with van der Waals surface area (Å²) in [6, 6.07) is 10.8. The lowest BCUT2D eigenvalue weighted by molar-refractivity contribution is -0.210. The second-order valence-electron chi connectivity index (χ2n) is 5.99. The third kappa shape index (κ3) is 3.39. The lowest BCUT2D eigenvalue weighted by atomic mass is 9.74. The Morgan fingerprint density at radius 1 is 1.05 bits per heavy atom. The molecule has 2 atom stereocenters. The van der Waals surface area contributed by atoms with Crippen LogP contribution in [0.2, 0.25) is 0 Å². The molecule has 1 heterocycles. The summed E-state index contributed by atoms with van der Waals surface area (Å²) in [7, 11) is 0. The normalized spacial score (nSPS) is 26.1. The summed E-state index contributed by atoms with van der Waals surface area (Å²) >= 11 is 0. The molecule has 0 radical (unpaired) electrons. The molecule has 1 heteroatoms. The van der Waals surface area contributed by atoms with E-state index in [2.05, 4.69) is 44.2 Å². The highest BCUT2D eigenvalue weighted by atomic mass is 16.5. The molecule has 2 rings (SSSR count). The summed E-state index contributed by atoms with van der Waals surface area (Å²) in [6.45, 7) is 5.52. The van der Waals surface area contributed by atoms with E-state index in [1.807, 2.05) is 0 Å². The standard InChI is InChI=1S/C18H28O/c1-3-4-5-6-7-11-14-18(16(2)15-19-18)17-12-9-8-10-13-17/h8-10,12-13,16H,3-7,11,14-15H2,1-2H3. The van der Waals surface area contributed by atoms with Crippen molar-refractivity contribution in [1.29, 1.82) is 0 Å². The second-order valence-corrected chi connectivity index (χ2v) is 5.99. The number of benzene rings is 1. The monoisotopic (exact) mass is 260 g/mol. The highest BCUT2D eigenvalue weighted by molar-refractivity contribution is 5.25. The minimum Gasteiger partial charge on any atom is -0.370 e. The zero-order valence-corrected chi connectivity index (χ0v) is 12.5. The fourth-order valence-corrected chi connectivity index (χ4v) is 3.17. The average Bonchev–Trinajstić information content (AvgIpc) is 2.46. The van der Waals surface area contributed by atoms with E-state index in [9.17, 15) is 0 Å². The van der Waals surface area contributed by atoms with Gasteiger partial charge in [0, 0.05) is 5.92 Å². The molecule has 2 unspecified atom stereocenters. The third-order valence-electron chi connectivity index (χ3n) is 4.55. The Morgan fingerprint density at radius 3 is 2.32 bits per heavy atom. The molecule has 0 aliphatic carbocycles. The van der Waals surface area contributed by atoms with Crippen molar-refractivity contribution >= 4 is 0 Å². The van der Waals surface area contributed by atoms with Crippen LogP contribution in [0.25, 0.3) is 0 Å². The molecule has 0 aromatic heterocycles. The van der Waals surface area contributed by atoms with Gasteiger partial charge in [0.2, 0.25) is 0 Å². The van der Waals surface area contributed by atoms with Gasteiger partial charge in [-0.1, -0.05) is 82.7 Å². The number of hydrogen-bond donors (Lipinski definition) is 0. The molecule has 0 bridgehead atoms. The molecule has 1 saturated heterocycles. The maximum absolute atomic E-state index is 6.04. The predicted molar refractivity (Wildman–Crippen MR) is 81.2 cm³/mol. The van der Waals surface area contributed by atoms with Gasteiger partial charge < -0.3 is 4.74 Å². The summed E-state index contributed by atoms with van der Waals surface area (Å²) in [4.78, 5) is 0. The van der Waals surface area contributed by atoms with Crippen LogP contribution in [0.1, 0.15) is 64.4 Å². The van der Waals surface area contributed by atoms with E-state index < -0.39 is 0 Å². The zero-order valence-electron chi connectivity index (χ0n) is 12.5. The lowest BCUT2D eigenvalue weighted by Gasteiger charge is -2.48. The highest BCUT2D eigenvalue weighted by Crippen LogP contribution is 2.46. The van der Waals surface area contributed by atoms with E-state index in [1.165, 1.54) is 50.5 Å². The average molecular weight is 260 g/mol. The van der Waals surface area contributed by atoms with Gasteiger partial charge in [-0.25, -0.2) is 0 Å². The molecule has 1 aromatic rings. The van der Waals surface area contributed by atoms with Gasteiger partial charge in [0.15, 0.2) is 0 Å². The Labute approximate surface area is 118 Å². The summed E-state index contributed by atoms with van der Waals surface area (Å²) in [6.07, 6.45) is 9.32. The molecule has 0 N–H and O–H groups in total. The van der Waals surface area contributed by atoms with E-state index in [1.54, 1.807) is 0 Å². The van der Waals surface area contributed by atoms with Crippen LogP contribution in [0, 0.1) is 5.92 Å². The minimum atomic E-state index is 0.0199. The third-order valence-corrected chi connectivity index (χ3v) is 4.55. The van der Waals surface area contributed by atoms with Crippen molar-refractivity contribution in [2.75, 3.05) is 6.61 Å². The first-order valence-corrected chi connectivity index (χ1v) is 7.99. The van der Waals surface area contributed by atoms with E-state index in [-0.39, 0.29) is 5.60 Å². The number of hydrogen-bond acceptors (Lipinski definition) is 1. The SMILES string of the molecule is CCCCCCCCC1(c2ccccc2)OCC1C. The van der Waals surface area contributed by atoms with Crippen molar-refractivity contribution in [3.63, 3.8) is 0 Å². The van der Waals surface area contributed by atoms with Crippen LogP contribution in [0.3, 0.4) is 0 Å². The first-order valence-electron chi connectivity index (χ1n) is 7.99. The molecule has 19 heavy (non-hydrogen) atoms. The minimum absolute atomic E-state index is 0.0199. The Bertz CT molecular complexity index is 359. The van der Waals surface area contributed by atoms with E-state index in [0.717, 1.165) is 6.61 Å². The molecule has 1 fully saturated rings. The van der Waals surface area contributed by atoms with Gasteiger partial charge in [-0.2, -0.15) is 0 Å². The Hall–Kier alpha value is -0.820. The Morgan fingerprint density at radius 2 is 1.74 bits per heavy atom. The molecule has 1 aliphatic rings. The van der Waals surface area contributed by atoms with Crippen LogP contribution in [0.15, 0.2) is 30.3 Å². The zero-order chi connectivity index (χ0) is 13.6. The van der Waals surface area contributed by atoms with E-state index >= 15 is 0 Å². The molecule has 0 amide bonds. The van der Waals surface area contributed by atoms with Crippen molar-refractivity contribution in [2.45, 2.75) is 64.4 Å². The first-order chi connectivity index (χ1) is 9.29. The molecule has 1 aromatic carbocycles. The molecule has 1 nitrogen and oxygen atoms in total. The van der Waals surface area contributed by atoms with Gasteiger partial charge in [0.05, 0.1) is 12.2 Å². The molecular formula is C18H28O. The van der Waals surface area contributed by atoms with Crippen molar-refractivity contribution < 1.29 is 4.74 Å². The maximum Gasteiger partial charge on any atom is 0.0978 e. The largest absolute Gasteiger partial charge is 0.370 e. The summed E-state index contributed by atoms with van der Waals surface area (Å²) in [5.41, 5.74) is 1.40. The van der Waals surface area contributed by atoms with Crippen molar-refractivity contribution in [3.8, 4) is 0 Å². The van der Waals surface area contributed by atoms with Gasteiger partial charge in [-0.3, -0.25) is 0 Å². The molecule has 0 saturated carbocycles. The quantitative estimate of drug-likeness (QED) is 0.576. The summed E-state index contributed by atoms with van der Waals surface area (Å²) in [5, 5.41) is 0. The van der Waals surface area contributed by atoms with Gasteiger partial charge in [-0.15, -0.1) is 0 Å². The van der Waals surface area contributed by atoms with E-state index in [0.29, 0.717) is 5.92 Å². The van der Waals surface area contributed by atoms with Crippen molar-refractivity contribution in [2.24, 2.45) is 5.92 Å². The summed E-state index contributed by atoms with van der Waals surface area (Å²) in [5.74, 6) is 0.658. The Balaban J connectivity index is 1.84. The molecule has 106 valence electrons. The van der Waals surface area contributed by atoms with Crippen LogP contribution in [0.5, 0.6) is 0 Å². The highest BCUT2D eigenvalue weighted by Gasteiger charge is 2.46.